The van der Waals surface area contributed by atoms with Crippen molar-refractivity contribution in [3.05, 3.63) is 65.2 Å². The van der Waals surface area contributed by atoms with Gasteiger partial charge in [0.15, 0.2) is 11.5 Å². The van der Waals surface area contributed by atoms with E-state index in [-0.39, 0.29) is 11.6 Å². The molecular formula is C22H24N2O3. The first-order chi connectivity index (χ1) is 13.1. The predicted molar refractivity (Wildman–Crippen MR) is 105 cm³/mol. The Balaban J connectivity index is 2.17. The molecule has 140 valence electrons. The van der Waals surface area contributed by atoms with Gasteiger partial charge in [0.25, 0.3) is 5.91 Å². The molecule has 1 amide bonds. The van der Waals surface area contributed by atoms with Gasteiger partial charge in [0.2, 0.25) is 0 Å². The second kappa shape index (κ2) is 10.0. The maximum Gasteiger partial charge on any atom is 0.262 e. The molecule has 0 saturated carbocycles. The van der Waals surface area contributed by atoms with Crippen LogP contribution in [0.15, 0.2) is 54.1 Å². The van der Waals surface area contributed by atoms with Crippen LogP contribution in [-0.2, 0) is 4.79 Å². The van der Waals surface area contributed by atoms with Crippen molar-refractivity contribution < 1.29 is 14.3 Å². The second-order valence-electron chi connectivity index (χ2n) is 6.03. The standard InChI is InChI=1S/C22H24N2O3/c1-4-12-27-20-11-10-17(14-21(20)26-3)13-19(15-23)22(25)24-16(2)18-8-6-5-7-9-18/h5-11,13-14,16H,4,12H2,1-3H3,(H,24,25)/b19-13+/t16-/m0/s1. The highest BCUT2D eigenvalue weighted by molar-refractivity contribution is 6.01. The molecule has 5 nitrogen and oxygen atoms in total. The number of hydrogen-bond donors (Lipinski definition) is 1. The quantitative estimate of drug-likeness (QED) is 0.561. The lowest BCUT2D eigenvalue weighted by Crippen LogP contribution is -2.27. The van der Waals surface area contributed by atoms with Crippen LogP contribution in [0.2, 0.25) is 0 Å². The molecule has 0 aliphatic carbocycles. The van der Waals surface area contributed by atoms with Gasteiger partial charge in [-0.1, -0.05) is 43.3 Å². The fourth-order valence-electron chi connectivity index (χ4n) is 2.52. The summed E-state index contributed by atoms with van der Waals surface area (Å²) in [6.45, 7) is 4.50. The Labute approximate surface area is 160 Å². The molecule has 2 rings (SSSR count). The summed E-state index contributed by atoms with van der Waals surface area (Å²) in [5.41, 5.74) is 1.69. The molecule has 27 heavy (non-hydrogen) atoms. The van der Waals surface area contributed by atoms with E-state index in [0.717, 1.165) is 12.0 Å². The molecule has 0 unspecified atom stereocenters. The van der Waals surface area contributed by atoms with Gasteiger partial charge in [-0.25, -0.2) is 0 Å². The van der Waals surface area contributed by atoms with Crippen molar-refractivity contribution in [2.75, 3.05) is 13.7 Å². The summed E-state index contributed by atoms with van der Waals surface area (Å²) in [4.78, 5) is 12.5. The van der Waals surface area contributed by atoms with Crippen LogP contribution >= 0.6 is 0 Å². The Bertz CT molecular complexity index is 838. The normalized spacial score (nSPS) is 12.0. The number of hydrogen-bond acceptors (Lipinski definition) is 4. The molecule has 5 heteroatoms. The Morgan fingerprint density at radius 1 is 1.22 bits per heavy atom. The van der Waals surface area contributed by atoms with Crippen molar-refractivity contribution in [2.45, 2.75) is 26.3 Å². The third-order valence-corrected chi connectivity index (χ3v) is 3.97. The third kappa shape index (κ3) is 5.61. The largest absolute Gasteiger partial charge is 0.493 e. The molecule has 1 N–H and O–H groups in total. The van der Waals surface area contributed by atoms with E-state index in [1.54, 1.807) is 31.4 Å². The van der Waals surface area contributed by atoms with Crippen molar-refractivity contribution in [3.63, 3.8) is 0 Å². The van der Waals surface area contributed by atoms with Crippen LogP contribution in [0.25, 0.3) is 6.08 Å². The summed E-state index contributed by atoms with van der Waals surface area (Å²) in [7, 11) is 1.56. The molecular weight excluding hydrogens is 340 g/mol. The molecule has 0 bridgehead atoms. The van der Waals surface area contributed by atoms with Gasteiger partial charge in [0.1, 0.15) is 11.6 Å². The number of nitriles is 1. The molecule has 2 aromatic carbocycles. The van der Waals surface area contributed by atoms with Gasteiger partial charge in [-0.05, 0) is 42.7 Å². The molecule has 0 heterocycles. The van der Waals surface area contributed by atoms with Crippen molar-refractivity contribution in [1.29, 1.82) is 5.26 Å². The molecule has 0 saturated heterocycles. The van der Waals surface area contributed by atoms with E-state index in [2.05, 4.69) is 5.32 Å². The van der Waals surface area contributed by atoms with E-state index in [1.807, 2.05) is 50.2 Å². The Hall–Kier alpha value is -3.26. The highest BCUT2D eigenvalue weighted by Gasteiger charge is 2.14. The topological polar surface area (TPSA) is 71.3 Å². The minimum absolute atomic E-state index is 0.0297. The van der Waals surface area contributed by atoms with Crippen molar-refractivity contribution in [2.24, 2.45) is 0 Å². The van der Waals surface area contributed by atoms with Crippen LogP contribution in [0.3, 0.4) is 0 Å². The van der Waals surface area contributed by atoms with Crippen LogP contribution in [0, 0.1) is 11.3 Å². The number of amides is 1. The van der Waals surface area contributed by atoms with E-state index in [0.29, 0.717) is 23.7 Å². The molecule has 0 aromatic heterocycles. The molecule has 1 atom stereocenters. The van der Waals surface area contributed by atoms with Crippen LogP contribution in [0.5, 0.6) is 11.5 Å². The number of nitrogens with one attached hydrogen (secondary N) is 1. The smallest absolute Gasteiger partial charge is 0.262 e. The number of carbonyl (C=O) groups excluding carboxylic acids is 1. The van der Waals surface area contributed by atoms with E-state index in [1.165, 1.54) is 0 Å². The predicted octanol–water partition coefficient (Wildman–Crippen LogP) is 4.27. The molecule has 0 radical (unpaired) electrons. The number of methoxy groups -OCH3 is 1. The SMILES string of the molecule is CCCOc1ccc(/C=C(\C#N)C(=O)N[C@@H](C)c2ccccc2)cc1OC. The third-order valence-electron chi connectivity index (χ3n) is 3.97. The van der Waals surface area contributed by atoms with E-state index < -0.39 is 5.91 Å². The van der Waals surface area contributed by atoms with Crippen LogP contribution in [0.1, 0.15) is 37.4 Å². The fraction of sp³-hybridized carbons (Fsp3) is 0.273. The number of rotatable bonds is 8. The van der Waals surface area contributed by atoms with E-state index >= 15 is 0 Å². The van der Waals surface area contributed by atoms with Gasteiger partial charge >= 0.3 is 0 Å². The second-order valence-corrected chi connectivity index (χ2v) is 6.03. The molecule has 0 spiro atoms. The van der Waals surface area contributed by atoms with Crippen LogP contribution in [0.4, 0.5) is 0 Å². The van der Waals surface area contributed by atoms with Gasteiger partial charge in [-0.3, -0.25) is 4.79 Å². The lowest BCUT2D eigenvalue weighted by atomic mass is 10.1. The highest BCUT2D eigenvalue weighted by Crippen LogP contribution is 2.29. The van der Waals surface area contributed by atoms with Crippen molar-refractivity contribution in [1.82, 2.24) is 5.32 Å². The summed E-state index contributed by atoms with van der Waals surface area (Å²) in [5.74, 6) is 0.781. The first-order valence-electron chi connectivity index (χ1n) is 8.87. The molecule has 0 aliphatic rings. The van der Waals surface area contributed by atoms with Crippen LogP contribution in [-0.4, -0.2) is 19.6 Å². The maximum atomic E-state index is 12.5. The lowest BCUT2D eigenvalue weighted by molar-refractivity contribution is -0.117. The minimum Gasteiger partial charge on any atom is -0.493 e. The zero-order valence-corrected chi connectivity index (χ0v) is 15.9. The minimum atomic E-state index is -0.417. The average Bonchev–Trinajstić information content (AvgIpc) is 2.71. The van der Waals surface area contributed by atoms with Gasteiger partial charge in [-0.15, -0.1) is 0 Å². The average molecular weight is 364 g/mol. The van der Waals surface area contributed by atoms with Crippen molar-refractivity contribution in [3.8, 4) is 17.6 Å². The van der Waals surface area contributed by atoms with E-state index in [4.69, 9.17) is 9.47 Å². The first-order valence-corrected chi connectivity index (χ1v) is 8.87. The summed E-state index contributed by atoms with van der Waals surface area (Å²) in [5, 5.41) is 12.3. The van der Waals surface area contributed by atoms with Crippen LogP contribution < -0.4 is 14.8 Å². The van der Waals surface area contributed by atoms with Gasteiger partial charge < -0.3 is 14.8 Å². The number of carbonyl (C=O) groups is 1. The Kier molecular flexibility index (Phi) is 7.45. The Morgan fingerprint density at radius 3 is 2.59 bits per heavy atom. The first kappa shape index (κ1) is 20.1. The molecule has 0 fully saturated rings. The van der Waals surface area contributed by atoms with Gasteiger partial charge in [-0.2, -0.15) is 5.26 Å². The maximum absolute atomic E-state index is 12.5. The number of ether oxygens (including phenoxy) is 2. The van der Waals surface area contributed by atoms with Gasteiger partial charge in [0.05, 0.1) is 19.8 Å². The fourth-order valence-corrected chi connectivity index (χ4v) is 2.52. The zero-order chi connectivity index (χ0) is 19.6. The number of benzene rings is 2. The summed E-state index contributed by atoms with van der Waals surface area (Å²) in [6.07, 6.45) is 2.43. The highest BCUT2D eigenvalue weighted by atomic mass is 16.5. The summed E-state index contributed by atoms with van der Waals surface area (Å²) >= 11 is 0. The van der Waals surface area contributed by atoms with Crippen molar-refractivity contribution >= 4 is 12.0 Å². The Morgan fingerprint density at radius 2 is 1.96 bits per heavy atom. The molecule has 2 aromatic rings. The monoisotopic (exact) mass is 364 g/mol. The van der Waals surface area contributed by atoms with E-state index in [9.17, 15) is 10.1 Å². The lowest BCUT2D eigenvalue weighted by Gasteiger charge is -2.14. The number of nitrogens with zero attached hydrogens (tertiary/aromatic N) is 1. The van der Waals surface area contributed by atoms with Gasteiger partial charge in [0, 0.05) is 0 Å². The zero-order valence-electron chi connectivity index (χ0n) is 15.9. The molecule has 0 aliphatic heterocycles. The summed E-state index contributed by atoms with van der Waals surface area (Å²) in [6, 6.07) is 16.7. The summed E-state index contributed by atoms with van der Waals surface area (Å²) < 4.78 is 11.0.